The summed E-state index contributed by atoms with van der Waals surface area (Å²) < 4.78 is 6.95. The lowest BCUT2D eigenvalue weighted by Gasteiger charge is -2.18. The Morgan fingerprint density at radius 3 is 2.38 bits per heavy atom. The normalized spacial score (nSPS) is 11.6. The highest BCUT2D eigenvalue weighted by Gasteiger charge is 2.16. The van der Waals surface area contributed by atoms with Crippen molar-refractivity contribution in [1.29, 1.82) is 0 Å². The smallest absolute Gasteiger partial charge is 0.258 e. The molecule has 29 heavy (non-hydrogen) atoms. The number of rotatable bonds is 4. The highest BCUT2D eigenvalue weighted by Crippen LogP contribution is 2.27. The van der Waals surface area contributed by atoms with Crippen LogP contribution in [0.15, 0.2) is 53.9 Å². The van der Waals surface area contributed by atoms with E-state index < -0.39 is 0 Å². The van der Waals surface area contributed by atoms with Crippen LogP contribution in [0.3, 0.4) is 0 Å². The zero-order valence-electron chi connectivity index (χ0n) is 16.8. The molecule has 0 saturated heterocycles. The van der Waals surface area contributed by atoms with Crippen LogP contribution in [0.2, 0.25) is 0 Å². The van der Waals surface area contributed by atoms with Crippen LogP contribution < -0.4 is 10.1 Å². The maximum atomic E-state index is 12.6. The molecule has 0 radical (unpaired) electrons. The molecule has 7 heteroatoms. The Labute approximate surface area is 173 Å². The van der Waals surface area contributed by atoms with E-state index >= 15 is 0 Å². The van der Waals surface area contributed by atoms with Crippen molar-refractivity contribution in [3.8, 4) is 17.0 Å². The molecule has 4 aromatic rings. The minimum Gasteiger partial charge on any atom is -0.497 e. The van der Waals surface area contributed by atoms with Crippen LogP contribution >= 0.6 is 11.3 Å². The minimum absolute atomic E-state index is 0.0443. The third kappa shape index (κ3) is 3.86. The molecule has 2 heterocycles. The Hall–Kier alpha value is -3.19. The summed E-state index contributed by atoms with van der Waals surface area (Å²) in [5, 5.41) is 9.25. The Morgan fingerprint density at radius 1 is 1.07 bits per heavy atom. The Kier molecular flexibility index (Phi) is 4.84. The highest BCUT2D eigenvalue weighted by atomic mass is 32.1. The number of carbonyl (C=O) groups is 1. The molecule has 0 fully saturated rings. The van der Waals surface area contributed by atoms with Gasteiger partial charge in [-0.25, -0.2) is 4.52 Å². The topological polar surface area (TPSA) is 68.5 Å². The Balaban J connectivity index is 1.55. The molecular formula is C22H22N4O2S. The van der Waals surface area contributed by atoms with Crippen LogP contribution in [-0.2, 0) is 5.41 Å². The number of fused-ring (bicyclic) bond motifs is 1. The van der Waals surface area contributed by atoms with Crippen LogP contribution in [-0.4, -0.2) is 27.6 Å². The number of nitrogens with zero attached hydrogens (tertiary/aromatic N) is 3. The lowest BCUT2D eigenvalue weighted by molar-refractivity contribution is 0.102. The summed E-state index contributed by atoms with van der Waals surface area (Å²) in [6.07, 6.45) is 0. The zero-order valence-corrected chi connectivity index (χ0v) is 17.6. The van der Waals surface area contributed by atoms with Crippen molar-refractivity contribution in [1.82, 2.24) is 14.6 Å². The average Bonchev–Trinajstić information content (AvgIpc) is 3.27. The second-order valence-electron chi connectivity index (χ2n) is 7.76. The number of thiazole rings is 1. The first-order chi connectivity index (χ1) is 13.8. The molecule has 1 N–H and O–H groups in total. The fourth-order valence-corrected chi connectivity index (χ4v) is 3.82. The molecule has 0 bridgehead atoms. The molecule has 0 spiro atoms. The predicted molar refractivity (Wildman–Crippen MR) is 116 cm³/mol. The molecule has 0 unspecified atom stereocenters. The number of hydrogen-bond acceptors (Lipinski definition) is 5. The van der Waals surface area contributed by atoms with Gasteiger partial charge in [-0.1, -0.05) is 32.9 Å². The molecule has 0 aliphatic carbocycles. The lowest BCUT2D eigenvalue weighted by atomic mass is 9.87. The molecular weight excluding hydrogens is 384 g/mol. The molecule has 0 aliphatic heterocycles. The van der Waals surface area contributed by atoms with Gasteiger partial charge in [0.25, 0.3) is 11.9 Å². The van der Waals surface area contributed by atoms with Crippen molar-refractivity contribution in [3.63, 3.8) is 0 Å². The van der Waals surface area contributed by atoms with Crippen LogP contribution in [0.25, 0.3) is 16.2 Å². The Morgan fingerprint density at radius 2 is 1.76 bits per heavy atom. The van der Waals surface area contributed by atoms with Gasteiger partial charge in [-0.3, -0.25) is 10.1 Å². The predicted octanol–water partition coefficient (Wildman–Crippen LogP) is 5.02. The van der Waals surface area contributed by atoms with Crippen LogP contribution in [0.1, 0.15) is 36.7 Å². The summed E-state index contributed by atoms with van der Waals surface area (Å²) in [7, 11) is 1.64. The highest BCUT2D eigenvalue weighted by molar-refractivity contribution is 7.15. The molecule has 2 aromatic carbocycles. The van der Waals surface area contributed by atoms with E-state index in [1.807, 2.05) is 53.9 Å². The zero-order chi connectivity index (χ0) is 20.6. The van der Waals surface area contributed by atoms with E-state index in [2.05, 4.69) is 36.2 Å². The first-order valence-corrected chi connectivity index (χ1v) is 10.1. The maximum absolute atomic E-state index is 12.6. The number of ether oxygens (including phenoxy) is 1. The van der Waals surface area contributed by atoms with Gasteiger partial charge in [0.1, 0.15) is 5.75 Å². The van der Waals surface area contributed by atoms with Crippen molar-refractivity contribution in [2.75, 3.05) is 12.4 Å². The van der Waals surface area contributed by atoms with Gasteiger partial charge in [-0.15, -0.1) is 16.4 Å². The standard InChI is InChI=1S/C22H22N4O2S/c1-22(2,3)16-9-5-15(6-10-16)19(27)23-20-24-21-26(25-20)18(13-29-21)14-7-11-17(28-4)12-8-14/h5-13H,1-4H3,(H,23,25,27). The van der Waals surface area contributed by atoms with Crippen LogP contribution in [0.5, 0.6) is 5.75 Å². The number of aromatic nitrogens is 3. The van der Waals surface area contributed by atoms with E-state index in [0.717, 1.165) is 17.0 Å². The molecule has 2 aromatic heterocycles. The summed E-state index contributed by atoms with van der Waals surface area (Å²) in [6, 6.07) is 15.4. The van der Waals surface area contributed by atoms with Crippen molar-refractivity contribution in [2.24, 2.45) is 0 Å². The molecule has 1 amide bonds. The average molecular weight is 407 g/mol. The van der Waals surface area contributed by atoms with Crippen molar-refractivity contribution in [3.05, 3.63) is 65.0 Å². The summed E-state index contributed by atoms with van der Waals surface area (Å²) in [6.45, 7) is 6.43. The molecule has 6 nitrogen and oxygen atoms in total. The number of nitrogens with one attached hydrogen (secondary N) is 1. The molecule has 4 rings (SSSR count). The summed E-state index contributed by atoms with van der Waals surface area (Å²) in [4.78, 5) is 17.7. The van der Waals surface area contributed by atoms with E-state index in [-0.39, 0.29) is 17.3 Å². The first-order valence-electron chi connectivity index (χ1n) is 9.26. The number of anilines is 1. The van der Waals surface area contributed by atoms with Gasteiger partial charge in [-0.05, 0) is 47.4 Å². The van der Waals surface area contributed by atoms with Gasteiger partial charge >= 0.3 is 0 Å². The van der Waals surface area contributed by atoms with Crippen LogP contribution in [0, 0.1) is 0 Å². The molecule has 148 valence electrons. The lowest BCUT2D eigenvalue weighted by Crippen LogP contribution is -2.15. The van der Waals surface area contributed by atoms with E-state index in [0.29, 0.717) is 10.5 Å². The summed E-state index contributed by atoms with van der Waals surface area (Å²) >= 11 is 1.47. The third-order valence-corrected chi connectivity index (χ3v) is 5.52. The Bertz CT molecular complexity index is 1150. The fourth-order valence-electron chi connectivity index (χ4n) is 2.99. The number of hydrogen-bond donors (Lipinski definition) is 1. The third-order valence-electron chi connectivity index (χ3n) is 4.71. The van der Waals surface area contributed by atoms with E-state index in [1.54, 1.807) is 11.6 Å². The van der Waals surface area contributed by atoms with E-state index in [1.165, 1.54) is 16.9 Å². The van der Waals surface area contributed by atoms with Crippen molar-refractivity contribution >= 4 is 28.2 Å². The molecule has 0 atom stereocenters. The van der Waals surface area contributed by atoms with Gasteiger partial charge in [0.2, 0.25) is 4.96 Å². The van der Waals surface area contributed by atoms with E-state index in [9.17, 15) is 4.79 Å². The summed E-state index contributed by atoms with van der Waals surface area (Å²) in [5.74, 6) is 0.857. The number of amides is 1. The van der Waals surface area contributed by atoms with E-state index in [4.69, 9.17) is 4.74 Å². The van der Waals surface area contributed by atoms with Gasteiger partial charge < -0.3 is 4.74 Å². The number of carbonyl (C=O) groups excluding carboxylic acids is 1. The number of benzene rings is 2. The van der Waals surface area contributed by atoms with Gasteiger partial charge in [0, 0.05) is 16.5 Å². The minimum atomic E-state index is -0.227. The quantitative estimate of drug-likeness (QED) is 0.517. The fraction of sp³-hybridized carbons (Fsp3) is 0.227. The van der Waals surface area contributed by atoms with Gasteiger partial charge in [-0.2, -0.15) is 4.98 Å². The largest absolute Gasteiger partial charge is 0.497 e. The SMILES string of the molecule is COc1ccc(-c2csc3nc(NC(=O)c4ccc(C(C)(C)C)cc4)nn23)cc1. The van der Waals surface area contributed by atoms with Crippen LogP contribution in [0.4, 0.5) is 5.95 Å². The summed E-state index contributed by atoms with van der Waals surface area (Å²) in [5.41, 5.74) is 3.71. The second-order valence-corrected chi connectivity index (χ2v) is 8.60. The van der Waals surface area contributed by atoms with Crippen molar-refractivity contribution < 1.29 is 9.53 Å². The molecule has 0 saturated carbocycles. The number of methoxy groups -OCH3 is 1. The monoisotopic (exact) mass is 406 g/mol. The maximum Gasteiger partial charge on any atom is 0.258 e. The molecule has 0 aliphatic rings. The van der Waals surface area contributed by atoms with Gasteiger partial charge in [0.15, 0.2) is 0 Å². The second kappa shape index (κ2) is 7.33. The first kappa shape index (κ1) is 19.1. The van der Waals surface area contributed by atoms with Crippen molar-refractivity contribution in [2.45, 2.75) is 26.2 Å². The van der Waals surface area contributed by atoms with Gasteiger partial charge in [0.05, 0.1) is 12.8 Å².